The van der Waals surface area contributed by atoms with Crippen molar-refractivity contribution in [2.45, 2.75) is 11.9 Å². The van der Waals surface area contributed by atoms with Crippen LogP contribution in [-0.4, -0.2) is 22.1 Å². The largest absolute Gasteiger partial charge is 0.320 e. The highest BCUT2D eigenvalue weighted by Gasteiger charge is 2.20. The first-order chi connectivity index (χ1) is 11.6. The van der Waals surface area contributed by atoms with Crippen LogP contribution in [0.25, 0.3) is 10.7 Å². The number of aromatic nitrogens is 2. The van der Waals surface area contributed by atoms with Crippen molar-refractivity contribution < 1.29 is 4.79 Å². The number of carbonyl (C=O) groups excluding carboxylic acids is 1. The summed E-state index contributed by atoms with van der Waals surface area (Å²) in [6.07, 6.45) is 1.90. The molecule has 0 aliphatic carbocycles. The molecule has 0 spiro atoms. The molecule has 0 aliphatic rings. The zero-order chi connectivity index (χ0) is 17.1. The number of aryl methyl sites for hydroxylation is 1. The Morgan fingerprint density at radius 1 is 1.21 bits per heavy atom. The number of para-hydroxylation sites is 1. The molecule has 2 heterocycles. The summed E-state index contributed by atoms with van der Waals surface area (Å²) < 4.78 is 0. The molecule has 0 saturated heterocycles. The van der Waals surface area contributed by atoms with Gasteiger partial charge in [0.1, 0.15) is 5.03 Å². The van der Waals surface area contributed by atoms with Crippen molar-refractivity contribution in [3.05, 3.63) is 58.1 Å². The lowest BCUT2D eigenvalue weighted by atomic mass is 10.2. The summed E-state index contributed by atoms with van der Waals surface area (Å²) in [6, 6.07) is 11.0. The molecule has 1 aromatic carbocycles. The lowest BCUT2D eigenvalue weighted by molar-refractivity contribution is 0.102. The van der Waals surface area contributed by atoms with Crippen LogP contribution in [0.4, 0.5) is 5.69 Å². The molecule has 1 amide bonds. The molecular weight excluding hydrogens is 362 g/mol. The lowest BCUT2D eigenvalue weighted by Crippen LogP contribution is -2.17. The molecule has 3 aromatic rings. The van der Waals surface area contributed by atoms with Gasteiger partial charge in [-0.15, -0.1) is 23.1 Å². The summed E-state index contributed by atoms with van der Waals surface area (Å²) in [7, 11) is 0. The maximum absolute atomic E-state index is 12.7. The van der Waals surface area contributed by atoms with E-state index >= 15 is 0 Å². The number of amides is 1. The Hall–Kier alpha value is -1.89. The van der Waals surface area contributed by atoms with Crippen LogP contribution in [0.3, 0.4) is 0 Å². The summed E-state index contributed by atoms with van der Waals surface area (Å²) in [6.45, 7) is 1.82. The lowest BCUT2D eigenvalue weighted by Gasteiger charge is -2.12. The van der Waals surface area contributed by atoms with Gasteiger partial charge in [-0.05, 0) is 36.8 Å². The number of halogens is 1. The number of nitrogens with one attached hydrogen (secondary N) is 1. The van der Waals surface area contributed by atoms with Crippen molar-refractivity contribution in [3.63, 3.8) is 0 Å². The number of hydrogen-bond acceptors (Lipinski definition) is 5. The molecule has 0 fully saturated rings. The molecule has 7 heteroatoms. The highest BCUT2D eigenvalue weighted by Crippen LogP contribution is 2.28. The number of anilines is 1. The fourth-order valence-electron chi connectivity index (χ4n) is 2.22. The molecular formula is C17H14ClN3OS2. The zero-order valence-corrected chi connectivity index (χ0v) is 15.4. The van der Waals surface area contributed by atoms with Gasteiger partial charge >= 0.3 is 0 Å². The van der Waals surface area contributed by atoms with E-state index in [1.54, 1.807) is 23.5 Å². The SMILES string of the molecule is CSc1nc(-c2cccs2)nc(C)c1C(=O)Nc1ccccc1Cl. The van der Waals surface area contributed by atoms with Gasteiger partial charge in [-0.25, -0.2) is 9.97 Å². The normalized spacial score (nSPS) is 10.6. The fourth-order valence-corrected chi connectivity index (χ4v) is 3.68. The topological polar surface area (TPSA) is 54.9 Å². The molecule has 0 unspecified atom stereocenters. The number of rotatable bonds is 4. The molecule has 4 nitrogen and oxygen atoms in total. The highest BCUT2D eigenvalue weighted by molar-refractivity contribution is 7.98. The van der Waals surface area contributed by atoms with Gasteiger partial charge in [0.2, 0.25) is 0 Å². The van der Waals surface area contributed by atoms with Crippen LogP contribution in [0, 0.1) is 6.92 Å². The van der Waals surface area contributed by atoms with Crippen molar-refractivity contribution in [1.29, 1.82) is 0 Å². The summed E-state index contributed by atoms with van der Waals surface area (Å²) in [5.74, 6) is 0.379. The first-order valence-electron chi connectivity index (χ1n) is 7.12. The van der Waals surface area contributed by atoms with E-state index in [0.29, 0.717) is 32.8 Å². The molecule has 0 radical (unpaired) electrons. The first kappa shape index (κ1) is 17.0. The van der Waals surface area contributed by atoms with E-state index in [4.69, 9.17) is 11.6 Å². The standard InChI is InChI=1S/C17H14ClN3OS2/c1-10-14(16(22)20-12-7-4-3-6-11(12)18)17(23-2)21-15(19-10)13-8-5-9-24-13/h3-9H,1-2H3,(H,20,22). The van der Waals surface area contributed by atoms with Gasteiger partial charge in [0.05, 0.1) is 26.8 Å². The predicted molar refractivity (Wildman–Crippen MR) is 101 cm³/mol. The van der Waals surface area contributed by atoms with Gasteiger partial charge in [0, 0.05) is 0 Å². The van der Waals surface area contributed by atoms with Gasteiger partial charge in [0.15, 0.2) is 5.82 Å². The van der Waals surface area contributed by atoms with E-state index in [9.17, 15) is 4.79 Å². The molecule has 1 N–H and O–H groups in total. The number of nitrogens with zero attached hydrogens (tertiary/aromatic N) is 2. The number of thiophene rings is 1. The van der Waals surface area contributed by atoms with Crippen LogP contribution < -0.4 is 5.32 Å². The maximum atomic E-state index is 12.7. The van der Waals surface area contributed by atoms with Gasteiger partial charge in [-0.1, -0.05) is 29.8 Å². The summed E-state index contributed by atoms with van der Waals surface area (Å²) in [5, 5.41) is 5.95. The second-order valence-corrected chi connectivity index (χ2v) is 7.08. The number of hydrogen-bond donors (Lipinski definition) is 1. The second-order valence-electron chi connectivity index (χ2n) is 4.93. The van der Waals surface area contributed by atoms with Gasteiger partial charge in [-0.2, -0.15) is 0 Å². The average Bonchev–Trinajstić information content (AvgIpc) is 3.10. The van der Waals surface area contributed by atoms with Crippen molar-refractivity contribution in [2.75, 3.05) is 11.6 Å². The van der Waals surface area contributed by atoms with Crippen molar-refractivity contribution in [1.82, 2.24) is 9.97 Å². The maximum Gasteiger partial charge on any atom is 0.260 e. The molecule has 24 heavy (non-hydrogen) atoms. The van der Waals surface area contributed by atoms with Gasteiger partial charge in [0.25, 0.3) is 5.91 Å². The summed E-state index contributed by atoms with van der Waals surface area (Å²) >= 11 is 9.11. The molecule has 2 aromatic heterocycles. The number of thioether (sulfide) groups is 1. The smallest absolute Gasteiger partial charge is 0.260 e. The van der Waals surface area contributed by atoms with Crippen molar-refractivity contribution in [3.8, 4) is 10.7 Å². The van der Waals surface area contributed by atoms with E-state index in [1.807, 2.05) is 42.8 Å². The molecule has 0 aliphatic heterocycles. The van der Waals surface area contributed by atoms with Crippen molar-refractivity contribution in [2.24, 2.45) is 0 Å². The van der Waals surface area contributed by atoms with Crippen LogP contribution in [0.2, 0.25) is 5.02 Å². The Balaban J connectivity index is 1.98. The first-order valence-corrected chi connectivity index (χ1v) is 9.60. The van der Waals surface area contributed by atoms with Crippen LogP contribution in [0.15, 0.2) is 46.8 Å². The van der Waals surface area contributed by atoms with Gasteiger partial charge < -0.3 is 5.32 Å². The van der Waals surface area contributed by atoms with Crippen LogP contribution >= 0.6 is 34.7 Å². The Morgan fingerprint density at radius 2 is 2.00 bits per heavy atom. The number of carbonyl (C=O) groups is 1. The minimum Gasteiger partial charge on any atom is -0.320 e. The predicted octanol–water partition coefficient (Wildman–Crippen LogP) is 5.14. The summed E-state index contributed by atoms with van der Waals surface area (Å²) in [4.78, 5) is 22.7. The highest BCUT2D eigenvalue weighted by atomic mass is 35.5. The van der Waals surface area contributed by atoms with Crippen LogP contribution in [-0.2, 0) is 0 Å². The van der Waals surface area contributed by atoms with E-state index in [-0.39, 0.29) is 5.91 Å². The van der Waals surface area contributed by atoms with E-state index in [1.165, 1.54) is 11.8 Å². The Kier molecular flexibility index (Phi) is 5.18. The Bertz CT molecular complexity index is 882. The van der Waals surface area contributed by atoms with Crippen LogP contribution in [0.1, 0.15) is 16.1 Å². The van der Waals surface area contributed by atoms with E-state index < -0.39 is 0 Å². The van der Waals surface area contributed by atoms with Gasteiger partial charge in [-0.3, -0.25) is 4.79 Å². The number of benzene rings is 1. The fraction of sp³-hybridized carbons (Fsp3) is 0.118. The average molecular weight is 376 g/mol. The molecule has 0 atom stereocenters. The van der Waals surface area contributed by atoms with Crippen molar-refractivity contribution >= 4 is 46.3 Å². The van der Waals surface area contributed by atoms with E-state index in [0.717, 1.165) is 4.88 Å². The minimum absolute atomic E-state index is 0.261. The third-order valence-corrected chi connectivity index (χ3v) is 5.22. The third kappa shape index (κ3) is 3.45. The Labute approximate surface area is 153 Å². The molecule has 122 valence electrons. The van der Waals surface area contributed by atoms with Crippen LogP contribution in [0.5, 0.6) is 0 Å². The molecule has 0 saturated carbocycles. The monoisotopic (exact) mass is 375 g/mol. The molecule has 3 rings (SSSR count). The minimum atomic E-state index is -0.261. The second kappa shape index (κ2) is 7.34. The quantitative estimate of drug-likeness (QED) is 0.506. The zero-order valence-electron chi connectivity index (χ0n) is 13.0. The van der Waals surface area contributed by atoms with E-state index in [2.05, 4.69) is 15.3 Å². The summed E-state index contributed by atoms with van der Waals surface area (Å²) in [5.41, 5.74) is 1.68. The third-order valence-electron chi connectivity index (χ3n) is 3.34. The Morgan fingerprint density at radius 3 is 2.67 bits per heavy atom. The molecule has 0 bridgehead atoms.